The third-order valence-corrected chi connectivity index (χ3v) is 4.93. The van der Waals surface area contributed by atoms with Gasteiger partial charge in [-0.1, -0.05) is 6.07 Å². The first-order valence-corrected chi connectivity index (χ1v) is 10.3. The molecule has 34 heavy (non-hydrogen) atoms. The molecule has 0 aliphatic carbocycles. The molecule has 11 heteroatoms. The Kier molecular flexibility index (Phi) is 6.00. The van der Waals surface area contributed by atoms with Crippen LogP contribution < -0.4 is 25.8 Å². The summed E-state index contributed by atoms with van der Waals surface area (Å²) in [6.07, 6.45) is 0. The number of carbonyl (C=O) groups excluding carboxylic acids is 2. The van der Waals surface area contributed by atoms with Crippen LogP contribution in [0.3, 0.4) is 0 Å². The van der Waals surface area contributed by atoms with E-state index in [1.54, 1.807) is 63.5 Å². The first kappa shape index (κ1) is 22.5. The van der Waals surface area contributed by atoms with Crippen molar-refractivity contribution in [2.75, 3.05) is 20.6 Å². The van der Waals surface area contributed by atoms with Gasteiger partial charge in [0.1, 0.15) is 29.6 Å². The van der Waals surface area contributed by atoms with Crippen molar-refractivity contribution in [2.24, 2.45) is 15.7 Å². The van der Waals surface area contributed by atoms with Crippen LogP contribution in [-0.2, 0) is 4.79 Å². The SMILES string of the molecule is Cc1cc(OC2=C3NC(=O)CN=C3NC(Oc3cccc(C(=O)N(C)C)c3)=N2)ccc1C(=N)N. The van der Waals surface area contributed by atoms with Crippen molar-refractivity contribution in [3.63, 3.8) is 0 Å². The van der Waals surface area contributed by atoms with Gasteiger partial charge in [-0.3, -0.25) is 25.3 Å². The minimum absolute atomic E-state index is 0.0504. The molecule has 2 aliphatic rings. The zero-order chi connectivity index (χ0) is 24.4. The number of amides is 2. The zero-order valence-corrected chi connectivity index (χ0v) is 18.8. The van der Waals surface area contributed by atoms with Gasteiger partial charge in [0, 0.05) is 25.2 Å². The molecule has 5 N–H and O–H groups in total. The van der Waals surface area contributed by atoms with Crippen molar-refractivity contribution in [2.45, 2.75) is 6.92 Å². The van der Waals surface area contributed by atoms with Crippen LogP contribution in [0.1, 0.15) is 21.5 Å². The molecule has 2 aliphatic heterocycles. The second kappa shape index (κ2) is 9.06. The zero-order valence-electron chi connectivity index (χ0n) is 18.8. The van der Waals surface area contributed by atoms with Crippen molar-refractivity contribution in [1.82, 2.24) is 15.5 Å². The second-order valence-corrected chi connectivity index (χ2v) is 7.76. The van der Waals surface area contributed by atoms with E-state index in [4.69, 9.17) is 20.6 Å². The predicted octanol–water partition coefficient (Wildman–Crippen LogP) is 1.10. The monoisotopic (exact) mass is 461 g/mol. The van der Waals surface area contributed by atoms with E-state index in [1.165, 1.54) is 4.90 Å². The number of amidine groups is 3. The quantitative estimate of drug-likeness (QED) is 0.386. The van der Waals surface area contributed by atoms with E-state index in [1.807, 2.05) is 0 Å². The van der Waals surface area contributed by atoms with Crippen LogP contribution in [0.5, 0.6) is 11.5 Å². The number of hydrogen-bond acceptors (Lipinski definition) is 8. The van der Waals surface area contributed by atoms with E-state index in [0.717, 1.165) is 5.56 Å². The smallest absolute Gasteiger partial charge is 0.304 e. The molecule has 0 spiro atoms. The highest BCUT2D eigenvalue weighted by atomic mass is 16.5. The van der Waals surface area contributed by atoms with Gasteiger partial charge in [0.05, 0.1) is 0 Å². The summed E-state index contributed by atoms with van der Waals surface area (Å²) < 4.78 is 11.8. The molecule has 11 nitrogen and oxygen atoms in total. The Labute approximate surface area is 195 Å². The molecule has 0 radical (unpaired) electrons. The van der Waals surface area contributed by atoms with Gasteiger partial charge in [0.15, 0.2) is 5.84 Å². The van der Waals surface area contributed by atoms with E-state index in [9.17, 15) is 9.59 Å². The lowest BCUT2D eigenvalue weighted by Gasteiger charge is -2.25. The number of rotatable bonds is 5. The van der Waals surface area contributed by atoms with Gasteiger partial charge in [0.25, 0.3) is 11.8 Å². The summed E-state index contributed by atoms with van der Waals surface area (Å²) in [6, 6.07) is 11.7. The van der Waals surface area contributed by atoms with Crippen molar-refractivity contribution in [1.29, 1.82) is 5.41 Å². The number of nitrogens with one attached hydrogen (secondary N) is 3. The van der Waals surface area contributed by atoms with Gasteiger partial charge >= 0.3 is 6.02 Å². The summed E-state index contributed by atoms with van der Waals surface area (Å²) in [5.74, 6) is 0.675. The van der Waals surface area contributed by atoms with Crippen LogP contribution in [0.4, 0.5) is 0 Å². The standard InChI is InChI=1S/C23H23N7O4/c1-12-9-15(7-8-16(12)19(24)25)33-21-18-20(26-11-17(31)27-18)28-23(29-21)34-14-6-4-5-13(10-14)22(32)30(2)3/h4-10H,11H2,1-3H3,(H3,24,25)(H,27,31)(H,26,28,29). The minimum Gasteiger partial charge on any atom is -0.437 e. The largest absolute Gasteiger partial charge is 0.437 e. The summed E-state index contributed by atoms with van der Waals surface area (Å²) >= 11 is 0. The number of aliphatic imine (C=N–C) groups is 2. The molecule has 4 rings (SSSR count). The van der Waals surface area contributed by atoms with Gasteiger partial charge in [-0.15, -0.1) is 0 Å². The van der Waals surface area contributed by atoms with Crippen LogP contribution >= 0.6 is 0 Å². The Morgan fingerprint density at radius 2 is 1.88 bits per heavy atom. The second-order valence-electron chi connectivity index (χ2n) is 7.76. The fraction of sp³-hybridized carbons (Fsp3) is 0.174. The Morgan fingerprint density at radius 1 is 1.12 bits per heavy atom. The van der Waals surface area contributed by atoms with Crippen molar-refractivity contribution >= 4 is 29.5 Å². The van der Waals surface area contributed by atoms with Gasteiger partial charge in [0.2, 0.25) is 5.91 Å². The van der Waals surface area contributed by atoms with Crippen LogP contribution in [0, 0.1) is 12.3 Å². The Hall–Kier alpha value is -4.67. The summed E-state index contributed by atoms with van der Waals surface area (Å²) in [4.78, 5) is 34.3. The fourth-order valence-electron chi connectivity index (χ4n) is 3.30. The highest BCUT2D eigenvalue weighted by molar-refractivity contribution is 6.13. The third-order valence-electron chi connectivity index (χ3n) is 4.93. The maximum Gasteiger partial charge on any atom is 0.304 e. The van der Waals surface area contributed by atoms with E-state index < -0.39 is 0 Å². The van der Waals surface area contributed by atoms with Gasteiger partial charge in [-0.25, -0.2) is 0 Å². The maximum absolute atomic E-state index is 12.3. The van der Waals surface area contributed by atoms with Gasteiger partial charge < -0.3 is 25.4 Å². The number of nitrogens with two attached hydrogens (primary N) is 1. The average molecular weight is 461 g/mol. The van der Waals surface area contributed by atoms with Crippen molar-refractivity contribution in [3.05, 3.63) is 70.7 Å². The lowest BCUT2D eigenvalue weighted by Crippen LogP contribution is -2.48. The van der Waals surface area contributed by atoms with Crippen LogP contribution in [0.15, 0.2) is 64.0 Å². The predicted molar refractivity (Wildman–Crippen MR) is 126 cm³/mol. The van der Waals surface area contributed by atoms with Gasteiger partial charge in [-0.05, 0) is 48.9 Å². The molecule has 2 aromatic carbocycles. The summed E-state index contributed by atoms with van der Waals surface area (Å²) in [5, 5.41) is 13.3. The third kappa shape index (κ3) is 4.72. The van der Waals surface area contributed by atoms with Crippen LogP contribution in [-0.4, -0.2) is 55.0 Å². The van der Waals surface area contributed by atoms with Crippen LogP contribution in [0.25, 0.3) is 0 Å². The molecule has 0 unspecified atom stereocenters. The number of benzene rings is 2. The minimum atomic E-state index is -0.306. The number of ether oxygens (including phenoxy) is 2. The molecular weight excluding hydrogens is 438 g/mol. The number of carbonyl (C=O) groups is 2. The lowest BCUT2D eigenvalue weighted by atomic mass is 10.1. The molecule has 0 saturated carbocycles. The molecule has 2 aromatic rings. The fourth-order valence-corrected chi connectivity index (χ4v) is 3.30. The first-order valence-electron chi connectivity index (χ1n) is 10.3. The highest BCUT2D eigenvalue weighted by Gasteiger charge is 2.29. The Bertz CT molecular complexity index is 1290. The molecule has 0 saturated heterocycles. The average Bonchev–Trinajstić information content (AvgIpc) is 2.79. The topological polar surface area (TPSA) is 154 Å². The molecular formula is C23H23N7O4. The normalized spacial score (nSPS) is 14.7. The molecule has 0 atom stereocenters. The van der Waals surface area contributed by atoms with E-state index >= 15 is 0 Å². The number of fused-ring (bicyclic) bond motifs is 1. The lowest BCUT2D eigenvalue weighted by molar-refractivity contribution is -0.119. The number of nitrogen functional groups attached to an aromatic ring is 1. The molecule has 0 fully saturated rings. The van der Waals surface area contributed by atoms with Crippen molar-refractivity contribution < 1.29 is 19.1 Å². The maximum atomic E-state index is 12.3. The Balaban J connectivity index is 1.65. The van der Waals surface area contributed by atoms with Crippen molar-refractivity contribution in [3.8, 4) is 11.5 Å². The first-order chi connectivity index (χ1) is 16.2. The molecule has 0 aromatic heterocycles. The van der Waals surface area contributed by atoms with Gasteiger partial charge in [-0.2, -0.15) is 4.99 Å². The molecule has 174 valence electrons. The summed E-state index contributed by atoms with van der Waals surface area (Å²) in [5.41, 5.74) is 7.64. The highest BCUT2D eigenvalue weighted by Crippen LogP contribution is 2.23. The molecule has 2 heterocycles. The van der Waals surface area contributed by atoms with E-state index in [2.05, 4.69) is 20.6 Å². The summed E-state index contributed by atoms with van der Waals surface area (Å²) in [7, 11) is 3.33. The number of hydrogen-bond donors (Lipinski definition) is 4. The molecule has 2 amide bonds. The Morgan fingerprint density at radius 3 is 2.59 bits per heavy atom. The number of aryl methyl sites for hydroxylation is 1. The van der Waals surface area contributed by atoms with E-state index in [0.29, 0.717) is 28.5 Å². The van der Waals surface area contributed by atoms with Crippen LogP contribution in [0.2, 0.25) is 0 Å². The molecule has 0 bridgehead atoms. The van der Waals surface area contributed by atoms with E-state index in [-0.39, 0.29) is 41.8 Å². The number of nitrogens with zero attached hydrogens (tertiary/aromatic N) is 3. The summed E-state index contributed by atoms with van der Waals surface area (Å²) in [6.45, 7) is 1.74.